The molecule has 0 spiro atoms. The van der Waals surface area contributed by atoms with Crippen LogP contribution in [0.5, 0.6) is 0 Å². The molecule has 1 saturated heterocycles. The monoisotopic (exact) mass is 219 g/mol. The standard InChI is InChI=1S/C14H21NO/c16-11-14-8-13(9-15-10-14)7-6-12-4-2-1-3-5-12/h1-5,13-16H,6-11H2. The van der Waals surface area contributed by atoms with E-state index in [-0.39, 0.29) is 0 Å². The molecule has 0 aromatic heterocycles. The highest BCUT2D eigenvalue weighted by Crippen LogP contribution is 2.20. The molecule has 0 saturated carbocycles. The summed E-state index contributed by atoms with van der Waals surface area (Å²) in [7, 11) is 0. The largest absolute Gasteiger partial charge is 0.396 e. The number of hydrogen-bond donors (Lipinski definition) is 2. The summed E-state index contributed by atoms with van der Waals surface area (Å²) in [5.74, 6) is 1.20. The van der Waals surface area contributed by atoms with Gasteiger partial charge < -0.3 is 10.4 Å². The van der Waals surface area contributed by atoms with Crippen LogP contribution in [-0.2, 0) is 6.42 Å². The molecule has 0 amide bonds. The lowest BCUT2D eigenvalue weighted by molar-refractivity contribution is 0.169. The van der Waals surface area contributed by atoms with Gasteiger partial charge in [-0.25, -0.2) is 0 Å². The molecule has 2 nitrogen and oxygen atoms in total. The van der Waals surface area contributed by atoms with E-state index in [0.29, 0.717) is 12.5 Å². The van der Waals surface area contributed by atoms with Crippen LogP contribution in [0.4, 0.5) is 0 Å². The van der Waals surface area contributed by atoms with E-state index in [4.69, 9.17) is 5.11 Å². The van der Waals surface area contributed by atoms with Gasteiger partial charge in [-0.05, 0) is 43.2 Å². The number of aliphatic hydroxyl groups excluding tert-OH is 1. The highest BCUT2D eigenvalue weighted by molar-refractivity contribution is 5.14. The molecule has 1 heterocycles. The summed E-state index contributed by atoms with van der Waals surface area (Å²) >= 11 is 0. The second-order valence-electron chi connectivity index (χ2n) is 4.83. The van der Waals surface area contributed by atoms with E-state index in [1.165, 1.54) is 18.4 Å². The van der Waals surface area contributed by atoms with Crippen LogP contribution in [0.1, 0.15) is 18.4 Å². The maximum atomic E-state index is 9.15. The van der Waals surface area contributed by atoms with Gasteiger partial charge in [-0.1, -0.05) is 30.3 Å². The quantitative estimate of drug-likeness (QED) is 0.810. The first-order chi connectivity index (χ1) is 7.88. The van der Waals surface area contributed by atoms with E-state index in [1.54, 1.807) is 0 Å². The molecule has 0 aliphatic carbocycles. The smallest absolute Gasteiger partial charge is 0.0471 e. The van der Waals surface area contributed by atoms with Crippen molar-refractivity contribution in [3.63, 3.8) is 0 Å². The minimum Gasteiger partial charge on any atom is -0.396 e. The average molecular weight is 219 g/mol. The van der Waals surface area contributed by atoms with Gasteiger partial charge in [-0.3, -0.25) is 0 Å². The number of rotatable bonds is 4. The summed E-state index contributed by atoms with van der Waals surface area (Å²) in [6.07, 6.45) is 3.56. The first-order valence-corrected chi connectivity index (χ1v) is 6.24. The zero-order valence-corrected chi connectivity index (χ0v) is 9.73. The second-order valence-corrected chi connectivity index (χ2v) is 4.83. The topological polar surface area (TPSA) is 32.3 Å². The molecule has 2 N–H and O–H groups in total. The number of aryl methyl sites for hydroxylation is 1. The Balaban J connectivity index is 1.77. The van der Waals surface area contributed by atoms with Crippen molar-refractivity contribution in [3.05, 3.63) is 35.9 Å². The Labute approximate surface area is 97.7 Å². The summed E-state index contributed by atoms with van der Waals surface area (Å²) in [6.45, 7) is 2.43. The molecule has 2 unspecified atom stereocenters. The Hall–Kier alpha value is -0.860. The van der Waals surface area contributed by atoms with Crippen molar-refractivity contribution in [1.82, 2.24) is 5.32 Å². The van der Waals surface area contributed by atoms with E-state index < -0.39 is 0 Å². The fraction of sp³-hybridized carbons (Fsp3) is 0.571. The van der Waals surface area contributed by atoms with E-state index in [0.717, 1.165) is 25.4 Å². The molecule has 1 aliphatic rings. The van der Waals surface area contributed by atoms with E-state index in [9.17, 15) is 0 Å². The van der Waals surface area contributed by atoms with Gasteiger partial charge in [0.25, 0.3) is 0 Å². The number of aliphatic hydroxyl groups is 1. The summed E-state index contributed by atoms with van der Waals surface area (Å²) in [6, 6.07) is 10.7. The lowest BCUT2D eigenvalue weighted by Crippen LogP contribution is -2.37. The molecule has 2 atom stereocenters. The number of hydrogen-bond acceptors (Lipinski definition) is 2. The Morgan fingerprint density at radius 3 is 2.62 bits per heavy atom. The van der Waals surface area contributed by atoms with Crippen molar-refractivity contribution < 1.29 is 5.11 Å². The van der Waals surface area contributed by atoms with Crippen LogP contribution in [0.2, 0.25) is 0 Å². The Morgan fingerprint density at radius 2 is 1.88 bits per heavy atom. The van der Waals surface area contributed by atoms with Gasteiger partial charge in [-0.2, -0.15) is 0 Å². The van der Waals surface area contributed by atoms with Crippen LogP contribution >= 0.6 is 0 Å². The minimum atomic E-state index is 0.328. The SMILES string of the molecule is OCC1CNCC(CCc2ccccc2)C1. The third kappa shape index (κ3) is 3.32. The number of benzene rings is 1. The maximum absolute atomic E-state index is 9.15. The number of nitrogens with one attached hydrogen (secondary N) is 1. The van der Waals surface area contributed by atoms with Crippen molar-refractivity contribution in [2.75, 3.05) is 19.7 Å². The molecule has 0 bridgehead atoms. The van der Waals surface area contributed by atoms with E-state index in [1.807, 2.05) is 0 Å². The lowest BCUT2D eigenvalue weighted by atomic mass is 9.87. The molecule has 1 aromatic rings. The van der Waals surface area contributed by atoms with Crippen LogP contribution < -0.4 is 5.32 Å². The fourth-order valence-corrected chi connectivity index (χ4v) is 2.50. The molecular weight excluding hydrogens is 198 g/mol. The summed E-state index contributed by atoms with van der Waals surface area (Å²) in [4.78, 5) is 0. The summed E-state index contributed by atoms with van der Waals surface area (Å²) in [5.41, 5.74) is 1.42. The molecule has 1 fully saturated rings. The molecule has 88 valence electrons. The predicted molar refractivity (Wildman–Crippen MR) is 66.3 cm³/mol. The third-order valence-electron chi connectivity index (χ3n) is 3.47. The Bertz CT molecular complexity index is 299. The maximum Gasteiger partial charge on any atom is 0.0471 e. The summed E-state index contributed by atoms with van der Waals surface area (Å²) < 4.78 is 0. The van der Waals surface area contributed by atoms with Gasteiger partial charge in [0.2, 0.25) is 0 Å². The Morgan fingerprint density at radius 1 is 1.12 bits per heavy atom. The molecule has 2 heteroatoms. The molecule has 1 aliphatic heterocycles. The fourth-order valence-electron chi connectivity index (χ4n) is 2.50. The Kier molecular flexibility index (Phi) is 4.37. The lowest BCUT2D eigenvalue weighted by Gasteiger charge is -2.28. The molecule has 16 heavy (non-hydrogen) atoms. The van der Waals surface area contributed by atoms with Crippen LogP contribution in [-0.4, -0.2) is 24.8 Å². The third-order valence-corrected chi connectivity index (χ3v) is 3.47. The van der Waals surface area contributed by atoms with Crippen molar-refractivity contribution in [3.8, 4) is 0 Å². The first kappa shape index (κ1) is 11.6. The highest BCUT2D eigenvalue weighted by atomic mass is 16.3. The second kappa shape index (κ2) is 6.02. The van der Waals surface area contributed by atoms with Gasteiger partial charge in [0, 0.05) is 13.2 Å². The van der Waals surface area contributed by atoms with Crippen molar-refractivity contribution in [1.29, 1.82) is 0 Å². The van der Waals surface area contributed by atoms with E-state index in [2.05, 4.69) is 35.6 Å². The van der Waals surface area contributed by atoms with Crippen molar-refractivity contribution in [2.45, 2.75) is 19.3 Å². The zero-order valence-electron chi connectivity index (χ0n) is 9.73. The number of piperidine rings is 1. The van der Waals surface area contributed by atoms with Crippen molar-refractivity contribution >= 4 is 0 Å². The normalized spacial score (nSPS) is 25.6. The zero-order chi connectivity index (χ0) is 11.2. The van der Waals surface area contributed by atoms with E-state index >= 15 is 0 Å². The van der Waals surface area contributed by atoms with Crippen LogP contribution in [0, 0.1) is 11.8 Å². The van der Waals surface area contributed by atoms with Gasteiger partial charge in [0.15, 0.2) is 0 Å². The minimum absolute atomic E-state index is 0.328. The van der Waals surface area contributed by atoms with Gasteiger partial charge in [0.1, 0.15) is 0 Å². The predicted octanol–water partition coefficient (Wildman–Crippen LogP) is 1.84. The molecule has 0 radical (unpaired) electrons. The summed E-state index contributed by atoms with van der Waals surface area (Å²) in [5, 5.41) is 12.6. The average Bonchev–Trinajstić information content (AvgIpc) is 2.38. The van der Waals surface area contributed by atoms with Gasteiger partial charge in [-0.15, -0.1) is 0 Å². The molecular formula is C14H21NO. The molecule has 2 rings (SSSR count). The molecule has 1 aromatic carbocycles. The van der Waals surface area contributed by atoms with Gasteiger partial charge >= 0.3 is 0 Å². The van der Waals surface area contributed by atoms with Crippen LogP contribution in [0.3, 0.4) is 0 Å². The van der Waals surface area contributed by atoms with Crippen molar-refractivity contribution in [2.24, 2.45) is 11.8 Å². The first-order valence-electron chi connectivity index (χ1n) is 6.24. The van der Waals surface area contributed by atoms with Crippen LogP contribution in [0.15, 0.2) is 30.3 Å². The highest BCUT2D eigenvalue weighted by Gasteiger charge is 2.20. The van der Waals surface area contributed by atoms with Crippen LogP contribution in [0.25, 0.3) is 0 Å². The van der Waals surface area contributed by atoms with Gasteiger partial charge in [0.05, 0.1) is 0 Å².